The lowest BCUT2D eigenvalue weighted by molar-refractivity contribution is 0.0736. The van der Waals surface area contributed by atoms with Crippen LogP contribution in [-0.4, -0.2) is 52.6 Å². The molecule has 0 aliphatic carbocycles. The van der Waals surface area contributed by atoms with Gasteiger partial charge in [-0.15, -0.1) is 0 Å². The fourth-order valence-electron chi connectivity index (χ4n) is 3.47. The number of carbonyl (C=O) groups excluding carboxylic acids is 3. The van der Waals surface area contributed by atoms with Crippen molar-refractivity contribution in [2.24, 2.45) is 0 Å². The van der Waals surface area contributed by atoms with Crippen molar-refractivity contribution >= 4 is 52.1 Å². The van der Waals surface area contributed by atoms with Gasteiger partial charge in [0.1, 0.15) is 5.60 Å². The van der Waals surface area contributed by atoms with Crippen molar-refractivity contribution in [1.29, 1.82) is 0 Å². The maximum atomic E-state index is 12.7. The lowest BCUT2D eigenvalue weighted by atomic mass is 10.1. The molecular weight excluding hydrogens is 509 g/mol. The molecule has 188 valence electrons. The predicted octanol–water partition coefficient (Wildman–Crippen LogP) is 5.35. The number of rotatable bonds is 7. The van der Waals surface area contributed by atoms with E-state index < -0.39 is 5.60 Å². The molecule has 10 heteroatoms. The summed E-state index contributed by atoms with van der Waals surface area (Å²) in [6.45, 7) is 7.63. The number of carbonyl (C=O) groups is 3. The zero-order chi connectivity index (χ0) is 25.6. The fourth-order valence-corrected chi connectivity index (χ4v) is 4.87. The second-order valence-electron chi connectivity index (χ2n) is 9.25. The first-order valence-corrected chi connectivity index (χ1v) is 12.9. The maximum absolute atomic E-state index is 12.7. The van der Waals surface area contributed by atoms with E-state index in [1.165, 1.54) is 11.8 Å². The van der Waals surface area contributed by atoms with E-state index in [-0.39, 0.29) is 28.9 Å². The summed E-state index contributed by atoms with van der Waals surface area (Å²) in [4.78, 5) is 39.3. The molecule has 7 nitrogen and oxygen atoms in total. The molecule has 0 aromatic heterocycles. The van der Waals surface area contributed by atoms with Crippen LogP contribution < -0.4 is 10.6 Å². The van der Waals surface area contributed by atoms with Crippen LogP contribution in [0, 0.1) is 0 Å². The molecule has 0 unspecified atom stereocenters. The van der Waals surface area contributed by atoms with Gasteiger partial charge in [0.15, 0.2) is 0 Å². The van der Waals surface area contributed by atoms with E-state index in [0.29, 0.717) is 34.4 Å². The third kappa shape index (κ3) is 8.72. The van der Waals surface area contributed by atoms with Crippen molar-refractivity contribution in [2.45, 2.75) is 44.6 Å². The lowest BCUT2D eigenvalue weighted by Gasteiger charge is -2.20. The van der Waals surface area contributed by atoms with Gasteiger partial charge >= 0.3 is 5.30 Å². The minimum atomic E-state index is -0.509. The summed E-state index contributed by atoms with van der Waals surface area (Å²) in [5.74, 6) is -0.570. The average molecular weight is 538 g/mol. The van der Waals surface area contributed by atoms with Crippen molar-refractivity contribution in [3.05, 3.63) is 69.2 Å². The molecule has 35 heavy (non-hydrogen) atoms. The molecule has 1 heterocycles. The zero-order valence-corrected chi connectivity index (χ0v) is 22.2. The summed E-state index contributed by atoms with van der Waals surface area (Å²) in [6.07, 6.45) is 0.842. The number of likely N-dealkylation sites (tertiary alicyclic amines) is 1. The summed E-state index contributed by atoms with van der Waals surface area (Å²) in [6, 6.07) is 11.7. The quantitative estimate of drug-likeness (QED) is 0.462. The number of hydrogen-bond donors (Lipinski definition) is 2. The van der Waals surface area contributed by atoms with Crippen molar-refractivity contribution < 1.29 is 19.1 Å². The molecule has 1 fully saturated rings. The third-order valence-corrected chi connectivity index (χ3v) is 6.90. The SMILES string of the molecule is CC(C)(C)OC(=O)S[C@H]1CCN(CNC(=O)c2cccc(C(=O)NCc3ccc(Cl)c(Cl)c3)c2)C1. The molecule has 0 radical (unpaired) electrons. The highest BCUT2D eigenvalue weighted by Gasteiger charge is 2.28. The van der Waals surface area contributed by atoms with Gasteiger partial charge in [0.25, 0.3) is 11.8 Å². The number of benzene rings is 2. The van der Waals surface area contributed by atoms with Crippen LogP contribution in [-0.2, 0) is 11.3 Å². The van der Waals surface area contributed by atoms with E-state index in [1.54, 1.807) is 42.5 Å². The first-order chi connectivity index (χ1) is 16.5. The van der Waals surface area contributed by atoms with Gasteiger partial charge in [-0.3, -0.25) is 14.5 Å². The number of halogens is 2. The summed E-state index contributed by atoms with van der Waals surface area (Å²) >= 11 is 13.1. The van der Waals surface area contributed by atoms with E-state index in [0.717, 1.165) is 18.5 Å². The van der Waals surface area contributed by atoms with Gasteiger partial charge in [-0.1, -0.05) is 35.3 Å². The summed E-state index contributed by atoms with van der Waals surface area (Å²) in [5, 5.41) is 6.44. The van der Waals surface area contributed by atoms with Crippen LogP contribution in [0.25, 0.3) is 0 Å². The number of nitrogens with zero attached hydrogens (tertiary/aromatic N) is 1. The van der Waals surface area contributed by atoms with Gasteiger partial charge < -0.3 is 15.4 Å². The molecule has 2 N–H and O–H groups in total. The minimum absolute atomic E-state index is 0.129. The summed E-state index contributed by atoms with van der Waals surface area (Å²) in [5.41, 5.74) is 1.08. The maximum Gasteiger partial charge on any atom is 0.368 e. The summed E-state index contributed by atoms with van der Waals surface area (Å²) in [7, 11) is 0. The number of ether oxygens (including phenoxy) is 1. The van der Waals surface area contributed by atoms with Gasteiger partial charge in [-0.25, -0.2) is 4.79 Å². The van der Waals surface area contributed by atoms with Crippen molar-refractivity contribution in [3.8, 4) is 0 Å². The van der Waals surface area contributed by atoms with Gasteiger partial charge in [0, 0.05) is 36.0 Å². The average Bonchev–Trinajstić information content (AvgIpc) is 3.23. The second-order valence-corrected chi connectivity index (χ2v) is 11.3. The second kappa shape index (κ2) is 12.1. The summed E-state index contributed by atoms with van der Waals surface area (Å²) < 4.78 is 5.37. The Morgan fingerprint density at radius 2 is 1.71 bits per heavy atom. The highest BCUT2D eigenvalue weighted by Crippen LogP contribution is 2.26. The molecule has 2 aromatic rings. The van der Waals surface area contributed by atoms with Crippen molar-refractivity contribution in [1.82, 2.24) is 15.5 Å². The highest BCUT2D eigenvalue weighted by molar-refractivity contribution is 8.13. The number of thioether (sulfide) groups is 1. The van der Waals surface area contributed by atoms with Crippen LogP contribution in [0.1, 0.15) is 53.5 Å². The van der Waals surface area contributed by atoms with Gasteiger partial charge in [0.2, 0.25) is 0 Å². The monoisotopic (exact) mass is 537 g/mol. The molecule has 1 saturated heterocycles. The predicted molar refractivity (Wildman–Crippen MR) is 140 cm³/mol. The van der Waals surface area contributed by atoms with E-state index in [4.69, 9.17) is 27.9 Å². The van der Waals surface area contributed by atoms with Crippen LogP contribution in [0.2, 0.25) is 10.0 Å². The zero-order valence-electron chi connectivity index (χ0n) is 19.9. The van der Waals surface area contributed by atoms with Gasteiger partial charge in [0.05, 0.1) is 16.7 Å². The van der Waals surface area contributed by atoms with E-state index >= 15 is 0 Å². The molecular formula is C25H29Cl2N3O4S. The van der Waals surface area contributed by atoms with Crippen molar-refractivity contribution in [3.63, 3.8) is 0 Å². The Balaban J connectivity index is 1.47. The highest BCUT2D eigenvalue weighted by atomic mass is 35.5. The van der Waals surface area contributed by atoms with Crippen molar-refractivity contribution in [2.75, 3.05) is 19.8 Å². The van der Waals surface area contributed by atoms with E-state index in [2.05, 4.69) is 15.5 Å². The molecule has 2 aromatic carbocycles. The van der Waals surface area contributed by atoms with Crippen LogP contribution in [0.5, 0.6) is 0 Å². The molecule has 0 saturated carbocycles. The van der Waals surface area contributed by atoms with E-state index in [1.807, 2.05) is 20.8 Å². The molecule has 0 bridgehead atoms. The van der Waals surface area contributed by atoms with E-state index in [9.17, 15) is 14.4 Å². The number of amides is 2. The van der Waals surface area contributed by atoms with Crippen LogP contribution in [0.4, 0.5) is 4.79 Å². The fraction of sp³-hybridized carbons (Fsp3) is 0.400. The third-order valence-electron chi connectivity index (χ3n) is 5.17. The standard InChI is InChI=1S/C25H29Cl2N3O4S/c1-25(2,3)34-24(33)35-19-9-10-30(14-19)15-29-23(32)18-6-4-5-17(12-18)22(31)28-13-16-7-8-20(26)21(27)11-16/h4-8,11-12,19H,9-10,13-15H2,1-3H3,(H,28,31)(H,29,32)/t19-/m0/s1. The topological polar surface area (TPSA) is 87.7 Å². The Kier molecular flexibility index (Phi) is 9.47. The molecule has 1 aliphatic heterocycles. The Hall–Kier alpha value is -2.26. The Bertz CT molecular complexity index is 1090. The Morgan fingerprint density at radius 1 is 1.03 bits per heavy atom. The molecule has 3 rings (SSSR count). The molecule has 1 aliphatic rings. The lowest BCUT2D eigenvalue weighted by Crippen LogP contribution is -2.36. The normalized spacial score (nSPS) is 16.1. The van der Waals surface area contributed by atoms with Crippen LogP contribution >= 0.6 is 35.0 Å². The van der Waals surface area contributed by atoms with Crippen LogP contribution in [0.15, 0.2) is 42.5 Å². The van der Waals surface area contributed by atoms with Crippen LogP contribution in [0.3, 0.4) is 0 Å². The Morgan fingerprint density at radius 3 is 2.37 bits per heavy atom. The number of hydrogen-bond acceptors (Lipinski definition) is 6. The van der Waals surface area contributed by atoms with Gasteiger partial charge in [-0.2, -0.15) is 0 Å². The minimum Gasteiger partial charge on any atom is -0.452 e. The molecule has 1 atom stereocenters. The van der Waals surface area contributed by atoms with Gasteiger partial charge in [-0.05, 0) is 74.8 Å². The Labute approximate surface area is 219 Å². The molecule has 0 spiro atoms. The largest absolute Gasteiger partial charge is 0.452 e. The smallest absolute Gasteiger partial charge is 0.368 e. The number of nitrogens with one attached hydrogen (secondary N) is 2. The molecule has 2 amide bonds. The first-order valence-electron chi connectivity index (χ1n) is 11.2. The first kappa shape index (κ1) is 27.3.